The number of hydrogen-bond acceptors (Lipinski definition) is 1. The molecule has 0 aliphatic heterocycles. The molecule has 0 aliphatic rings. The van der Waals surface area contributed by atoms with Crippen molar-refractivity contribution in [3.63, 3.8) is 0 Å². The molecule has 0 aliphatic carbocycles. The summed E-state index contributed by atoms with van der Waals surface area (Å²) in [6, 6.07) is 0. The fourth-order valence-corrected chi connectivity index (χ4v) is 0. The summed E-state index contributed by atoms with van der Waals surface area (Å²) in [4.78, 5) is 0. The van der Waals surface area contributed by atoms with Gasteiger partial charge in [0.1, 0.15) is 0 Å². The van der Waals surface area contributed by atoms with Gasteiger partial charge < -0.3 is 17.1 Å². The summed E-state index contributed by atoms with van der Waals surface area (Å²) in [6.45, 7) is 0. The molecule has 0 atom stereocenters. The largest absolute Gasteiger partial charge is 4.00 e. The molecule has 0 rings (SSSR count). The van der Waals surface area contributed by atoms with Crippen LogP contribution < -0.4 is 6.15 Å². The van der Waals surface area contributed by atoms with Gasteiger partial charge in [0.05, 0.1) is 0 Å². The van der Waals surface area contributed by atoms with Gasteiger partial charge in [-0.15, -0.1) is 0 Å². The molecule has 0 unspecified atom stereocenters. The molecule has 0 fully saturated rings. The fourth-order valence-electron chi connectivity index (χ4n) is 0. The van der Waals surface area contributed by atoms with E-state index in [9.17, 15) is 0 Å². The van der Waals surface area contributed by atoms with E-state index >= 15 is 0 Å². The standard InChI is InChI=1S/CH4.H3N.2O.Ti/h1H4;1H3;;;/q;;2*-2;+4. The molecule has 4 heteroatoms. The molecule has 0 aromatic carbocycles. The molecule has 0 heterocycles. The van der Waals surface area contributed by atoms with Gasteiger partial charge in [-0.05, 0) is 0 Å². The van der Waals surface area contributed by atoms with Crippen molar-refractivity contribution in [2.75, 3.05) is 0 Å². The Morgan fingerprint density at radius 3 is 0.800 bits per heavy atom. The van der Waals surface area contributed by atoms with E-state index in [2.05, 4.69) is 0 Å². The van der Waals surface area contributed by atoms with Gasteiger partial charge in [0.15, 0.2) is 0 Å². The van der Waals surface area contributed by atoms with Crippen LogP contribution in [0.4, 0.5) is 0 Å². The SMILES string of the molecule is C.N.[O-2].[O-2].[Ti+4]. The zero-order chi connectivity index (χ0) is 0. The summed E-state index contributed by atoms with van der Waals surface area (Å²) < 4.78 is 0. The van der Waals surface area contributed by atoms with Gasteiger partial charge in [-0.3, -0.25) is 0 Å². The molecule has 32 valence electrons. The van der Waals surface area contributed by atoms with E-state index < -0.39 is 0 Å². The molecule has 0 aromatic rings. The molecule has 5 heavy (non-hydrogen) atoms. The molecular weight excluding hydrogens is 106 g/mol. The van der Waals surface area contributed by atoms with Gasteiger partial charge in [-0.25, -0.2) is 0 Å². The van der Waals surface area contributed by atoms with E-state index in [1.807, 2.05) is 0 Å². The van der Waals surface area contributed by atoms with Crippen LogP contribution in [0.5, 0.6) is 0 Å². The summed E-state index contributed by atoms with van der Waals surface area (Å²) in [7, 11) is 0. The van der Waals surface area contributed by atoms with Crippen LogP contribution in [0.3, 0.4) is 0 Å². The Morgan fingerprint density at radius 2 is 0.800 bits per heavy atom. The summed E-state index contributed by atoms with van der Waals surface area (Å²) in [6.07, 6.45) is 0. The van der Waals surface area contributed by atoms with Crippen LogP contribution in [0, 0.1) is 0 Å². The van der Waals surface area contributed by atoms with E-state index in [1.54, 1.807) is 0 Å². The topological polar surface area (TPSA) is 92.0 Å². The van der Waals surface area contributed by atoms with Gasteiger partial charge in [-0.1, -0.05) is 7.43 Å². The average molecular weight is 113 g/mol. The molecule has 0 spiro atoms. The Bertz CT molecular complexity index is 9.61. The molecule has 0 amide bonds. The van der Waals surface area contributed by atoms with Crippen LogP contribution >= 0.6 is 0 Å². The van der Waals surface area contributed by atoms with E-state index in [0.29, 0.717) is 0 Å². The predicted molar refractivity (Wildman–Crippen MR) is 13.1 cm³/mol. The van der Waals surface area contributed by atoms with Crippen molar-refractivity contribution in [2.24, 2.45) is 0 Å². The maximum Gasteiger partial charge on any atom is 4.00 e. The first kappa shape index (κ1) is 334. The summed E-state index contributed by atoms with van der Waals surface area (Å²) >= 11 is 0. The average Bonchev–Trinajstić information content (AvgIpc) is 0. The quantitative estimate of drug-likeness (QED) is 0.456. The Morgan fingerprint density at radius 1 is 0.800 bits per heavy atom. The van der Waals surface area contributed by atoms with Crippen LogP contribution in [-0.2, 0) is 32.7 Å². The Balaban J connectivity index is 0. The number of rotatable bonds is 0. The number of hydrogen-bond donors (Lipinski definition) is 1. The van der Waals surface area contributed by atoms with Crippen LogP contribution in [0.2, 0.25) is 0 Å². The van der Waals surface area contributed by atoms with Gasteiger partial charge in [-0.2, -0.15) is 0 Å². The van der Waals surface area contributed by atoms with E-state index in [4.69, 9.17) is 0 Å². The van der Waals surface area contributed by atoms with Crippen LogP contribution in [-0.4, -0.2) is 0 Å². The second-order valence-electron chi connectivity index (χ2n) is 0. The van der Waals surface area contributed by atoms with Crippen molar-refractivity contribution in [2.45, 2.75) is 7.43 Å². The molecule has 3 N–H and O–H groups in total. The van der Waals surface area contributed by atoms with Crippen molar-refractivity contribution in [3.05, 3.63) is 0 Å². The maximum absolute atomic E-state index is 0. The molecule has 0 radical (unpaired) electrons. The zero-order valence-electron chi connectivity index (χ0n) is 2.02. The van der Waals surface area contributed by atoms with Crippen molar-refractivity contribution < 1.29 is 32.7 Å². The van der Waals surface area contributed by atoms with Crippen LogP contribution in [0.25, 0.3) is 0 Å². The van der Waals surface area contributed by atoms with Crippen molar-refractivity contribution in [1.29, 1.82) is 0 Å². The minimum Gasteiger partial charge on any atom is -2.00 e. The summed E-state index contributed by atoms with van der Waals surface area (Å²) in [5.74, 6) is 0. The second kappa shape index (κ2) is 168. The van der Waals surface area contributed by atoms with Crippen molar-refractivity contribution >= 4 is 0 Å². The monoisotopic (exact) mass is 113 g/mol. The van der Waals surface area contributed by atoms with Crippen LogP contribution in [0.15, 0.2) is 0 Å². The molecule has 0 saturated carbocycles. The van der Waals surface area contributed by atoms with E-state index in [-0.39, 0.29) is 46.2 Å². The van der Waals surface area contributed by atoms with Crippen LogP contribution in [0.1, 0.15) is 7.43 Å². The van der Waals surface area contributed by atoms with Gasteiger partial charge in [0, 0.05) is 0 Å². The molecular formula is CH7NO2Ti. The van der Waals surface area contributed by atoms with Gasteiger partial charge >= 0.3 is 21.7 Å². The Hall–Kier alpha value is 0.594. The third kappa shape index (κ3) is 87.6. The molecule has 0 saturated heterocycles. The Kier molecular flexibility index (Phi) is 11200. The van der Waals surface area contributed by atoms with Gasteiger partial charge in [0.25, 0.3) is 0 Å². The van der Waals surface area contributed by atoms with E-state index in [0.717, 1.165) is 0 Å². The molecule has 3 nitrogen and oxygen atoms in total. The van der Waals surface area contributed by atoms with Crippen molar-refractivity contribution in [3.8, 4) is 0 Å². The van der Waals surface area contributed by atoms with Crippen molar-refractivity contribution in [1.82, 2.24) is 6.15 Å². The fraction of sp³-hybridized carbons (Fsp3) is 1.00. The predicted octanol–water partition coefficient (Wildman–Crippen LogP) is 0.558. The first-order chi connectivity index (χ1) is 0. The molecule has 0 bridgehead atoms. The summed E-state index contributed by atoms with van der Waals surface area (Å²) in [5, 5.41) is 0. The zero-order valence-corrected chi connectivity index (χ0v) is 3.59. The van der Waals surface area contributed by atoms with E-state index in [1.165, 1.54) is 0 Å². The third-order valence-electron chi connectivity index (χ3n) is 0. The third-order valence-corrected chi connectivity index (χ3v) is 0. The molecule has 0 aromatic heterocycles. The van der Waals surface area contributed by atoms with Gasteiger partial charge in [0.2, 0.25) is 0 Å². The first-order valence-electron chi connectivity index (χ1n) is 0. The minimum atomic E-state index is 0. The summed E-state index contributed by atoms with van der Waals surface area (Å²) in [5.41, 5.74) is 0. The normalized spacial score (nSPS) is 0. The smallest absolute Gasteiger partial charge is 2.00 e. The minimum absolute atomic E-state index is 0. The Labute approximate surface area is 46.8 Å². The maximum atomic E-state index is 0. The second-order valence-corrected chi connectivity index (χ2v) is 0. The first-order valence-corrected chi connectivity index (χ1v) is 0.